The van der Waals surface area contributed by atoms with Gasteiger partial charge in [-0.15, -0.1) is 0 Å². The largest absolute Gasteiger partial charge is 0.397 e. The second kappa shape index (κ2) is 4.44. The van der Waals surface area contributed by atoms with E-state index in [1.165, 1.54) is 0 Å². The van der Waals surface area contributed by atoms with Crippen LogP contribution in [0, 0.1) is 3.57 Å². The number of fused-ring (bicyclic) bond motifs is 1. The van der Waals surface area contributed by atoms with Crippen LogP contribution in [0.15, 0.2) is 36.4 Å². The van der Waals surface area contributed by atoms with Gasteiger partial charge in [0.1, 0.15) is 11.3 Å². The van der Waals surface area contributed by atoms with Gasteiger partial charge in [0, 0.05) is 14.2 Å². The lowest BCUT2D eigenvalue weighted by Gasteiger charge is -1.96. The maximum Gasteiger partial charge on any atom is 0.138 e. The molecule has 5 heteroatoms. The molecule has 0 bridgehead atoms. The summed E-state index contributed by atoms with van der Waals surface area (Å²) in [5.74, 6) is 0.803. The normalized spacial score (nSPS) is 11.0. The Bertz CT molecular complexity index is 736. The van der Waals surface area contributed by atoms with E-state index < -0.39 is 0 Å². The van der Waals surface area contributed by atoms with Crippen molar-refractivity contribution in [3.63, 3.8) is 0 Å². The van der Waals surface area contributed by atoms with Crippen LogP contribution in [-0.2, 0) is 0 Å². The summed E-state index contributed by atoms with van der Waals surface area (Å²) in [6.07, 6.45) is 0. The molecule has 2 aromatic carbocycles. The number of aromatic nitrogens is 2. The van der Waals surface area contributed by atoms with Crippen molar-refractivity contribution >= 4 is 50.9 Å². The fraction of sp³-hybridized carbons (Fsp3) is 0. The molecular formula is C13H9ClIN3. The number of aromatic amines is 1. The van der Waals surface area contributed by atoms with Gasteiger partial charge in [-0.1, -0.05) is 23.7 Å². The van der Waals surface area contributed by atoms with E-state index in [0.717, 1.165) is 26.0 Å². The number of benzene rings is 2. The maximum absolute atomic E-state index is 5.98. The third-order valence-electron chi connectivity index (χ3n) is 2.68. The maximum atomic E-state index is 5.98. The molecule has 0 aliphatic heterocycles. The highest BCUT2D eigenvalue weighted by Crippen LogP contribution is 2.27. The molecular weight excluding hydrogens is 361 g/mol. The first-order valence-corrected chi connectivity index (χ1v) is 6.80. The van der Waals surface area contributed by atoms with Gasteiger partial charge in [-0.05, 0) is 46.9 Å². The van der Waals surface area contributed by atoms with E-state index in [9.17, 15) is 0 Å². The molecule has 0 aliphatic carbocycles. The molecule has 18 heavy (non-hydrogen) atoms. The van der Waals surface area contributed by atoms with Crippen molar-refractivity contribution < 1.29 is 0 Å². The Morgan fingerprint density at radius 1 is 1.22 bits per heavy atom. The first-order valence-electron chi connectivity index (χ1n) is 5.34. The molecule has 1 heterocycles. The van der Waals surface area contributed by atoms with Crippen LogP contribution >= 0.6 is 34.2 Å². The fourth-order valence-corrected chi connectivity index (χ4v) is 2.65. The highest BCUT2D eigenvalue weighted by Gasteiger charge is 2.08. The SMILES string of the molecule is Nc1cc(Cl)cc2[nH]c(-c3cccc(I)c3)nc12. The number of halogens is 2. The van der Waals surface area contributed by atoms with E-state index in [4.69, 9.17) is 17.3 Å². The van der Waals surface area contributed by atoms with E-state index in [-0.39, 0.29) is 0 Å². The quantitative estimate of drug-likeness (QED) is 0.502. The lowest BCUT2D eigenvalue weighted by atomic mass is 10.2. The highest BCUT2D eigenvalue weighted by atomic mass is 127. The molecule has 3 nitrogen and oxygen atoms in total. The minimum absolute atomic E-state index is 0.589. The van der Waals surface area contributed by atoms with Crippen LogP contribution in [-0.4, -0.2) is 9.97 Å². The molecule has 3 aromatic rings. The number of anilines is 1. The number of nitrogens with two attached hydrogens (primary N) is 1. The minimum atomic E-state index is 0.589. The Balaban J connectivity index is 2.22. The molecule has 0 amide bonds. The summed E-state index contributed by atoms with van der Waals surface area (Å²) < 4.78 is 1.16. The minimum Gasteiger partial charge on any atom is -0.397 e. The van der Waals surface area contributed by atoms with Crippen LogP contribution in [0.4, 0.5) is 5.69 Å². The smallest absolute Gasteiger partial charge is 0.138 e. The zero-order valence-electron chi connectivity index (χ0n) is 9.24. The Kier molecular flexibility index (Phi) is 2.91. The van der Waals surface area contributed by atoms with Gasteiger partial charge < -0.3 is 10.7 Å². The van der Waals surface area contributed by atoms with Crippen molar-refractivity contribution in [3.8, 4) is 11.4 Å². The number of nitrogen functional groups attached to an aromatic ring is 1. The lowest BCUT2D eigenvalue weighted by Crippen LogP contribution is -1.86. The predicted molar refractivity (Wildman–Crippen MR) is 83.7 cm³/mol. The van der Waals surface area contributed by atoms with E-state index in [1.54, 1.807) is 6.07 Å². The molecule has 0 radical (unpaired) electrons. The number of H-pyrrole nitrogens is 1. The standard InChI is InChI=1S/C13H9ClIN3/c14-8-5-10(16)12-11(6-8)17-13(18-12)7-2-1-3-9(15)4-7/h1-6H,16H2,(H,17,18). The van der Waals surface area contributed by atoms with E-state index in [2.05, 4.69) is 38.6 Å². The van der Waals surface area contributed by atoms with Gasteiger partial charge >= 0.3 is 0 Å². The van der Waals surface area contributed by atoms with Crippen molar-refractivity contribution in [1.82, 2.24) is 9.97 Å². The Labute approximate surface area is 123 Å². The first-order chi connectivity index (χ1) is 8.63. The average molecular weight is 370 g/mol. The molecule has 0 spiro atoms. The predicted octanol–water partition coefficient (Wildman–Crippen LogP) is 4.07. The Morgan fingerprint density at radius 2 is 2.06 bits per heavy atom. The lowest BCUT2D eigenvalue weighted by molar-refractivity contribution is 1.33. The van der Waals surface area contributed by atoms with Crippen LogP contribution in [0.5, 0.6) is 0 Å². The van der Waals surface area contributed by atoms with Crippen LogP contribution < -0.4 is 5.73 Å². The molecule has 0 unspecified atom stereocenters. The van der Waals surface area contributed by atoms with E-state index in [1.807, 2.05) is 24.3 Å². The Hall–Kier alpha value is -1.27. The van der Waals surface area contributed by atoms with Crippen molar-refractivity contribution in [2.24, 2.45) is 0 Å². The monoisotopic (exact) mass is 369 g/mol. The van der Waals surface area contributed by atoms with E-state index in [0.29, 0.717) is 10.7 Å². The van der Waals surface area contributed by atoms with Crippen molar-refractivity contribution in [3.05, 3.63) is 45.0 Å². The molecule has 0 atom stereocenters. The molecule has 0 saturated heterocycles. The molecule has 0 fully saturated rings. The third-order valence-corrected chi connectivity index (χ3v) is 3.57. The number of rotatable bonds is 1. The summed E-state index contributed by atoms with van der Waals surface area (Å²) in [6, 6.07) is 11.7. The second-order valence-electron chi connectivity index (χ2n) is 3.99. The molecule has 0 saturated carbocycles. The third kappa shape index (κ3) is 2.06. The zero-order chi connectivity index (χ0) is 12.7. The van der Waals surface area contributed by atoms with E-state index >= 15 is 0 Å². The van der Waals surface area contributed by atoms with Crippen molar-refractivity contribution in [2.45, 2.75) is 0 Å². The zero-order valence-corrected chi connectivity index (χ0v) is 12.2. The van der Waals surface area contributed by atoms with Gasteiger partial charge in [0.05, 0.1) is 11.2 Å². The van der Waals surface area contributed by atoms with Crippen LogP contribution in [0.1, 0.15) is 0 Å². The summed E-state index contributed by atoms with van der Waals surface area (Å²) in [6.45, 7) is 0. The summed E-state index contributed by atoms with van der Waals surface area (Å²) in [5.41, 5.74) is 9.15. The summed E-state index contributed by atoms with van der Waals surface area (Å²) in [7, 11) is 0. The number of nitrogens with one attached hydrogen (secondary N) is 1. The average Bonchev–Trinajstić information content (AvgIpc) is 2.73. The van der Waals surface area contributed by atoms with Crippen molar-refractivity contribution in [1.29, 1.82) is 0 Å². The number of hydrogen-bond acceptors (Lipinski definition) is 2. The summed E-state index contributed by atoms with van der Waals surface area (Å²) in [4.78, 5) is 7.76. The topological polar surface area (TPSA) is 54.7 Å². The molecule has 90 valence electrons. The van der Waals surface area contributed by atoms with Gasteiger partial charge in [0.15, 0.2) is 0 Å². The van der Waals surface area contributed by atoms with Gasteiger partial charge in [-0.25, -0.2) is 4.98 Å². The summed E-state index contributed by atoms with van der Waals surface area (Å²) in [5, 5.41) is 0.609. The summed E-state index contributed by atoms with van der Waals surface area (Å²) >= 11 is 8.25. The van der Waals surface area contributed by atoms with Gasteiger partial charge in [-0.3, -0.25) is 0 Å². The highest BCUT2D eigenvalue weighted by molar-refractivity contribution is 14.1. The van der Waals surface area contributed by atoms with Crippen molar-refractivity contribution in [2.75, 3.05) is 5.73 Å². The molecule has 3 N–H and O–H groups in total. The first kappa shape index (κ1) is 11.8. The molecule has 1 aromatic heterocycles. The van der Waals surface area contributed by atoms with Gasteiger partial charge in [0.25, 0.3) is 0 Å². The molecule has 3 rings (SSSR count). The number of imidazole rings is 1. The van der Waals surface area contributed by atoms with Crippen LogP contribution in [0.25, 0.3) is 22.4 Å². The number of nitrogens with zero attached hydrogens (tertiary/aromatic N) is 1. The fourth-order valence-electron chi connectivity index (χ4n) is 1.88. The molecule has 0 aliphatic rings. The van der Waals surface area contributed by atoms with Gasteiger partial charge in [-0.2, -0.15) is 0 Å². The van der Waals surface area contributed by atoms with Gasteiger partial charge in [0.2, 0.25) is 0 Å². The Morgan fingerprint density at radius 3 is 2.83 bits per heavy atom. The second-order valence-corrected chi connectivity index (χ2v) is 5.67. The number of hydrogen-bond donors (Lipinski definition) is 2. The van der Waals surface area contributed by atoms with Crippen LogP contribution in [0.3, 0.4) is 0 Å². The van der Waals surface area contributed by atoms with Crippen LogP contribution in [0.2, 0.25) is 5.02 Å².